The smallest absolute Gasteiger partial charge is 0.255 e. The maximum atomic E-state index is 13.2. The van der Waals surface area contributed by atoms with E-state index in [1.165, 1.54) is 0 Å². The SMILES string of the molecule is Cn1cc(-c2cnc3[nH]cc(C(=O)NC(C(=O)N4CC(C)(C#N)C4)C(C)(C)C)c3n2)cn1. The summed E-state index contributed by atoms with van der Waals surface area (Å²) in [5.41, 5.74) is 1.54. The summed E-state index contributed by atoms with van der Waals surface area (Å²) in [5.74, 6) is -0.605. The fourth-order valence-corrected chi connectivity index (χ4v) is 3.82. The Morgan fingerprint density at radius 2 is 2.03 bits per heavy atom. The van der Waals surface area contributed by atoms with Crippen LogP contribution in [0.3, 0.4) is 0 Å². The third-order valence-corrected chi connectivity index (χ3v) is 5.68. The minimum atomic E-state index is -0.752. The number of aryl methyl sites for hydroxylation is 1. The summed E-state index contributed by atoms with van der Waals surface area (Å²) < 4.78 is 1.67. The van der Waals surface area contributed by atoms with Crippen molar-refractivity contribution in [3.8, 4) is 17.3 Å². The van der Waals surface area contributed by atoms with Crippen molar-refractivity contribution in [2.75, 3.05) is 13.1 Å². The van der Waals surface area contributed by atoms with Crippen LogP contribution in [0.2, 0.25) is 0 Å². The second kappa shape index (κ2) is 7.44. The van der Waals surface area contributed by atoms with E-state index in [1.54, 1.807) is 28.2 Å². The molecule has 4 rings (SSSR count). The Morgan fingerprint density at radius 1 is 1.31 bits per heavy atom. The number of nitrogens with zero attached hydrogens (tertiary/aromatic N) is 6. The highest BCUT2D eigenvalue weighted by Gasteiger charge is 2.46. The zero-order valence-corrected chi connectivity index (χ0v) is 18.8. The van der Waals surface area contributed by atoms with Crippen molar-refractivity contribution in [1.29, 1.82) is 5.26 Å². The number of hydrogen-bond acceptors (Lipinski definition) is 6. The van der Waals surface area contributed by atoms with Crippen LogP contribution in [0, 0.1) is 22.2 Å². The molecular formula is C22H26N8O2. The summed E-state index contributed by atoms with van der Waals surface area (Å²) in [4.78, 5) is 39.9. The quantitative estimate of drug-likeness (QED) is 0.644. The van der Waals surface area contributed by atoms with Crippen LogP contribution in [0.25, 0.3) is 22.4 Å². The van der Waals surface area contributed by atoms with Gasteiger partial charge in [-0.1, -0.05) is 20.8 Å². The van der Waals surface area contributed by atoms with Crippen LogP contribution in [0.5, 0.6) is 0 Å². The lowest BCUT2D eigenvalue weighted by atomic mass is 9.80. The van der Waals surface area contributed by atoms with Crippen molar-refractivity contribution in [1.82, 2.24) is 34.9 Å². The fraction of sp³-hybridized carbons (Fsp3) is 0.455. The zero-order chi connectivity index (χ0) is 23.3. The van der Waals surface area contributed by atoms with Gasteiger partial charge in [-0.2, -0.15) is 10.4 Å². The second-order valence-electron chi connectivity index (χ2n) is 9.70. The van der Waals surface area contributed by atoms with Gasteiger partial charge in [-0.3, -0.25) is 14.3 Å². The first-order chi connectivity index (χ1) is 15.0. The van der Waals surface area contributed by atoms with Crippen molar-refractivity contribution in [2.24, 2.45) is 17.9 Å². The normalized spacial score (nSPS) is 16.3. The molecule has 2 amide bonds. The van der Waals surface area contributed by atoms with Gasteiger partial charge in [0.05, 0.1) is 35.1 Å². The number of nitrogens with one attached hydrogen (secondary N) is 2. The first-order valence-corrected chi connectivity index (χ1v) is 10.3. The van der Waals surface area contributed by atoms with E-state index in [0.717, 1.165) is 5.56 Å². The lowest BCUT2D eigenvalue weighted by Gasteiger charge is -2.46. The molecule has 0 spiro atoms. The van der Waals surface area contributed by atoms with Gasteiger partial charge in [0.25, 0.3) is 5.91 Å². The summed E-state index contributed by atoms with van der Waals surface area (Å²) in [6.07, 6.45) is 6.67. The van der Waals surface area contributed by atoms with E-state index in [0.29, 0.717) is 35.5 Å². The number of carbonyl (C=O) groups is 2. The minimum Gasteiger partial charge on any atom is -0.344 e. The number of rotatable bonds is 4. The number of likely N-dealkylation sites (tertiary alicyclic amines) is 1. The predicted octanol–water partition coefficient (Wildman–Crippen LogP) is 1.87. The highest BCUT2D eigenvalue weighted by molar-refractivity contribution is 6.06. The molecule has 0 radical (unpaired) electrons. The van der Waals surface area contributed by atoms with Gasteiger partial charge in [-0.05, 0) is 12.3 Å². The van der Waals surface area contributed by atoms with Crippen molar-refractivity contribution in [2.45, 2.75) is 33.7 Å². The largest absolute Gasteiger partial charge is 0.344 e. The van der Waals surface area contributed by atoms with Crippen molar-refractivity contribution in [3.05, 3.63) is 30.4 Å². The molecule has 3 aromatic heterocycles. The maximum absolute atomic E-state index is 13.2. The van der Waals surface area contributed by atoms with Gasteiger partial charge in [0.2, 0.25) is 5.91 Å². The number of amides is 2. The highest BCUT2D eigenvalue weighted by Crippen LogP contribution is 2.32. The maximum Gasteiger partial charge on any atom is 0.255 e. The molecule has 0 saturated carbocycles. The Bertz CT molecular complexity index is 1240. The molecule has 0 bridgehead atoms. The molecule has 10 nitrogen and oxygen atoms in total. The van der Waals surface area contributed by atoms with Gasteiger partial charge in [0.15, 0.2) is 5.65 Å². The lowest BCUT2D eigenvalue weighted by Crippen LogP contribution is -2.63. The number of H-pyrrole nitrogens is 1. The van der Waals surface area contributed by atoms with Crippen LogP contribution in [-0.2, 0) is 11.8 Å². The van der Waals surface area contributed by atoms with Crippen LogP contribution < -0.4 is 5.32 Å². The van der Waals surface area contributed by atoms with Gasteiger partial charge in [-0.25, -0.2) is 9.97 Å². The molecule has 10 heteroatoms. The van der Waals surface area contributed by atoms with Gasteiger partial charge in [-0.15, -0.1) is 0 Å². The molecule has 1 atom stereocenters. The third kappa shape index (κ3) is 3.82. The molecular weight excluding hydrogens is 408 g/mol. The molecule has 0 aliphatic carbocycles. The Kier molecular flexibility index (Phi) is 5.00. The summed E-state index contributed by atoms with van der Waals surface area (Å²) in [6.45, 7) is 8.24. The summed E-state index contributed by atoms with van der Waals surface area (Å²) >= 11 is 0. The summed E-state index contributed by atoms with van der Waals surface area (Å²) in [5, 5.41) is 16.3. The van der Waals surface area contributed by atoms with Crippen LogP contribution in [0.15, 0.2) is 24.8 Å². The molecule has 1 aliphatic heterocycles. The van der Waals surface area contributed by atoms with E-state index >= 15 is 0 Å². The van der Waals surface area contributed by atoms with E-state index < -0.39 is 22.8 Å². The van der Waals surface area contributed by atoms with Crippen molar-refractivity contribution in [3.63, 3.8) is 0 Å². The first kappa shape index (κ1) is 21.5. The minimum absolute atomic E-state index is 0.194. The number of fused-ring (bicyclic) bond motifs is 1. The zero-order valence-electron chi connectivity index (χ0n) is 18.8. The average Bonchev–Trinajstić information content (AvgIpc) is 3.33. The molecule has 166 valence electrons. The molecule has 3 aromatic rings. The van der Waals surface area contributed by atoms with Gasteiger partial charge < -0.3 is 15.2 Å². The second-order valence-corrected chi connectivity index (χ2v) is 9.70. The lowest BCUT2D eigenvalue weighted by molar-refractivity contribution is -0.144. The van der Waals surface area contributed by atoms with E-state index in [-0.39, 0.29) is 5.91 Å². The van der Waals surface area contributed by atoms with Gasteiger partial charge >= 0.3 is 0 Å². The topological polar surface area (TPSA) is 133 Å². The van der Waals surface area contributed by atoms with Crippen LogP contribution in [0.1, 0.15) is 38.1 Å². The Hall–Kier alpha value is -3.74. The average molecular weight is 435 g/mol. The standard InChI is InChI=1S/C22H26N8O2/c1-21(2,3)17(20(32)30-11-22(4,10-23)12-30)28-19(31)14-7-24-18-16(14)27-15(8-25-18)13-6-26-29(5)9-13/h6-9,17H,11-12H2,1-5H3,(H,24,25)(H,28,31). The molecule has 0 aromatic carbocycles. The van der Waals surface area contributed by atoms with E-state index in [4.69, 9.17) is 0 Å². The van der Waals surface area contributed by atoms with Gasteiger partial charge in [0, 0.05) is 38.1 Å². The molecule has 1 aliphatic rings. The van der Waals surface area contributed by atoms with E-state index in [2.05, 4.69) is 31.4 Å². The van der Waals surface area contributed by atoms with Gasteiger partial charge in [0.1, 0.15) is 11.6 Å². The molecule has 32 heavy (non-hydrogen) atoms. The molecule has 1 unspecified atom stereocenters. The summed E-state index contributed by atoms with van der Waals surface area (Å²) in [7, 11) is 1.81. The number of aromatic amines is 1. The van der Waals surface area contributed by atoms with Crippen LogP contribution in [0.4, 0.5) is 0 Å². The Morgan fingerprint density at radius 3 is 2.62 bits per heavy atom. The number of hydrogen-bond donors (Lipinski definition) is 2. The highest BCUT2D eigenvalue weighted by atomic mass is 16.2. The van der Waals surface area contributed by atoms with E-state index in [1.807, 2.05) is 40.9 Å². The van der Waals surface area contributed by atoms with E-state index in [9.17, 15) is 14.9 Å². The Labute approximate surface area is 185 Å². The third-order valence-electron chi connectivity index (χ3n) is 5.68. The molecule has 1 fully saturated rings. The number of nitriles is 1. The van der Waals surface area contributed by atoms with Crippen LogP contribution in [-0.4, -0.2) is 60.6 Å². The predicted molar refractivity (Wildman–Crippen MR) is 117 cm³/mol. The van der Waals surface area contributed by atoms with Crippen molar-refractivity contribution >= 4 is 23.0 Å². The first-order valence-electron chi connectivity index (χ1n) is 10.3. The number of carbonyl (C=O) groups excluding carboxylic acids is 2. The molecule has 1 saturated heterocycles. The fourth-order valence-electron chi connectivity index (χ4n) is 3.82. The Balaban J connectivity index is 1.60. The van der Waals surface area contributed by atoms with Crippen molar-refractivity contribution < 1.29 is 9.59 Å². The monoisotopic (exact) mass is 434 g/mol. The van der Waals surface area contributed by atoms with Crippen LogP contribution >= 0.6 is 0 Å². The molecule has 2 N–H and O–H groups in total. The summed E-state index contributed by atoms with van der Waals surface area (Å²) in [6, 6.07) is 1.49. The number of aromatic nitrogens is 5. The molecule has 4 heterocycles.